The molecule has 43 heavy (non-hydrogen) atoms. The molecule has 1 fully saturated rings. The Morgan fingerprint density at radius 2 is 1.49 bits per heavy atom. The van der Waals surface area contributed by atoms with Crippen LogP contribution in [0.25, 0.3) is 0 Å². The van der Waals surface area contributed by atoms with E-state index in [-0.39, 0.29) is 32.3 Å². The fourth-order valence-corrected chi connectivity index (χ4v) is 4.70. The molecule has 15 nitrogen and oxygen atoms in total. The van der Waals surface area contributed by atoms with E-state index in [1.54, 1.807) is 6.92 Å². The van der Waals surface area contributed by atoms with Gasteiger partial charge in [0.05, 0.1) is 32.5 Å². The van der Waals surface area contributed by atoms with Gasteiger partial charge in [0, 0.05) is 6.54 Å². The van der Waals surface area contributed by atoms with E-state index in [0.717, 1.165) is 5.56 Å². The van der Waals surface area contributed by atoms with Gasteiger partial charge in [0.1, 0.15) is 12.1 Å². The Kier molecular flexibility index (Phi) is 16.4. The van der Waals surface area contributed by atoms with Crippen LogP contribution in [0.4, 0.5) is 0 Å². The molecule has 1 N–H and O–H groups in total. The first-order valence-electron chi connectivity index (χ1n) is 14.7. The Morgan fingerprint density at radius 3 is 2.09 bits per heavy atom. The fraction of sp³-hybridized carbons (Fsp3) is 0.679. The first-order chi connectivity index (χ1) is 20.7. The molecule has 0 aliphatic carbocycles. The van der Waals surface area contributed by atoms with Crippen LogP contribution in [-0.4, -0.2) is 84.0 Å². The molecular formula is C28H42N4O11. The second kappa shape index (κ2) is 20.0. The number of carbonyl (C=O) groups is 3. The molecule has 3 atom stereocenters. The number of hydrogen-bond acceptors (Lipinski definition) is 12. The van der Waals surface area contributed by atoms with Gasteiger partial charge in [-0.2, -0.15) is 0 Å². The Morgan fingerprint density at radius 1 is 0.907 bits per heavy atom. The van der Waals surface area contributed by atoms with Gasteiger partial charge < -0.3 is 24.0 Å². The molecule has 0 spiro atoms. The van der Waals surface area contributed by atoms with E-state index in [4.69, 9.17) is 9.47 Å². The average Bonchev–Trinajstić information content (AvgIpc) is 3.48. The maximum Gasteiger partial charge on any atom is 0.328 e. The highest BCUT2D eigenvalue weighted by atomic mass is 17.0. The lowest BCUT2D eigenvalue weighted by molar-refractivity contribution is -0.757. The highest BCUT2D eigenvalue weighted by molar-refractivity contribution is 5.88. The van der Waals surface area contributed by atoms with Crippen LogP contribution in [0.5, 0.6) is 0 Å². The predicted molar refractivity (Wildman–Crippen MR) is 151 cm³/mol. The molecule has 0 aromatic heterocycles. The molecule has 1 aliphatic heterocycles. The molecule has 1 aromatic carbocycles. The van der Waals surface area contributed by atoms with E-state index >= 15 is 0 Å². The van der Waals surface area contributed by atoms with Crippen molar-refractivity contribution in [2.75, 3.05) is 33.0 Å². The van der Waals surface area contributed by atoms with Crippen molar-refractivity contribution in [3.05, 3.63) is 56.1 Å². The molecule has 1 aliphatic rings. The van der Waals surface area contributed by atoms with Gasteiger partial charge in [-0.25, -0.2) is 4.79 Å². The van der Waals surface area contributed by atoms with E-state index in [2.05, 4.69) is 15.0 Å². The zero-order chi connectivity index (χ0) is 31.5. The second-order valence-electron chi connectivity index (χ2n) is 10.2. The van der Waals surface area contributed by atoms with Gasteiger partial charge in [-0.15, -0.1) is 20.2 Å². The zero-order valence-electron chi connectivity index (χ0n) is 24.6. The molecule has 2 rings (SSSR count). The van der Waals surface area contributed by atoms with Gasteiger partial charge >= 0.3 is 11.9 Å². The third-order valence-corrected chi connectivity index (χ3v) is 6.94. The minimum atomic E-state index is -0.848. The Labute approximate surface area is 250 Å². The van der Waals surface area contributed by atoms with Crippen LogP contribution >= 0.6 is 0 Å². The number of nitrogens with one attached hydrogen (secondary N) is 1. The van der Waals surface area contributed by atoms with Crippen molar-refractivity contribution in [1.82, 2.24) is 10.2 Å². The number of rotatable bonds is 22. The van der Waals surface area contributed by atoms with Crippen LogP contribution in [0.1, 0.15) is 70.3 Å². The van der Waals surface area contributed by atoms with Gasteiger partial charge in [0.2, 0.25) is 5.91 Å². The summed E-state index contributed by atoms with van der Waals surface area (Å²) in [5.74, 6) is -1.32. The monoisotopic (exact) mass is 610 g/mol. The van der Waals surface area contributed by atoms with E-state index in [1.165, 1.54) is 4.90 Å². The topological polar surface area (TPSA) is 190 Å². The Bertz CT molecular complexity index is 1030. The molecule has 240 valence electrons. The van der Waals surface area contributed by atoms with Crippen molar-refractivity contribution in [3.8, 4) is 0 Å². The predicted octanol–water partition coefficient (Wildman–Crippen LogP) is 2.80. The summed E-state index contributed by atoms with van der Waals surface area (Å²) in [5, 5.41) is 21.8. The second-order valence-corrected chi connectivity index (χ2v) is 10.2. The van der Waals surface area contributed by atoms with Crippen molar-refractivity contribution in [1.29, 1.82) is 0 Å². The molecule has 3 unspecified atom stereocenters. The molecule has 0 saturated carbocycles. The summed E-state index contributed by atoms with van der Waals surface area (Å²) in [6, 6.07) is 7.34. The van der Waals surface area contributed by atoms with Crippen LogP contribution in [0.15, 0.2) is 30.3 Å². The Hall–Kier alpha value is -4.01. The molecule has 1 aromatic rings. The molecule has 15 heteroatoms. The number of esters is 2. The summed E-state index contributed by atoms with van der Waals surface area (Å²) in [7, 11) is 0. The van der Waals surface area contributed by atoms with Crippen molar-refractivity contribution in [3.63, 3.8) is 0 Å². The van der Waals surface area contributed by atoms with Crippen molar-refractivity contribution in [2.24, 2.45) is 0 Å². The number of amides is 1. The normalized spacial score (nSPS) is 15.7. The quantitative estimate of drug-likeness (QED) is 0.0876. The number of aryl methyl sites for hydroxylation is 1. The number of unbranched alkanes of at least 4 members (excludes halogenated alkanes) is 4. The third kappa shape index (κ3) is 14.1. The lowest BCUT2D eigenvalue weighted by Gasteiger charge is -2.28. The standard InChI is InChI=1S/C28H42N4O11/c1-22(26(33)30-17-11-14-25(30)28(35)41-19-8-4-10-21-43-32(38)39)29-24(16-15-23-12-5-2-6-13-23)27(34)40-18-7-3-9-20-42-31(36)37/h2,5-6,12-13,22,24-25,29H,3-4,7-11,14-21H2,1H3. The lowest BCUT2D eigenvalue weighted by atomic mass is 10.0. The highest BCUT2D eigenvalue weighted by Gasteiger charge is 2.38. The lowest BCUT2D eigenvalue weighted by Crippen LogP contribution is -2.53. The summed E-state index contributed by atoms with van der Waals surface area (Å²) >= 11 is 0. The molecule has 0 radical (unpaired) electrons. The maximum absolute atomic E-state index is 13.4. The summed E-state index contributed by atoms with van der Waals surface area (Å²) in [5.41, 5.74) is 1.03. The van der Waals surface area contributed by atoms with Gasteiger partial charge in [-0.3, -0.25) is 14.9 Å². The smallest absolute Gasteiger partial charge is 0.328 e. The zero-order valence-corrected chi connectivity index (χ0v) is 24.6. The minimum Gasteiger partial charge on any atom is -0.465 e. The molecule has 0 bridgehead atoms. The molecular weight excluding hydrogens is 568 g/mol. The van der Waals surface area contributed by atoms with Crippen LogP contribution < -0.4 is 5.32 Å². The van der Waals surface area contributed by atoms with Crippen LogP contribution in [-0.2, 0) is 40.0 Å². The number of carbonyl (C=O) groups excluding carboxylic acids is 3. The van der Waals surface area contributed by atoms with E-state index in [9.17, 15) is 34.6 Å². The highest BCUT2D eigenvalue weighted by Crippen LogP contribution is 2.20. The third-order valence-electron chi connectivity index (χ3n) is 6.94. The SMILES string of the molecule is CC(NC(CCc1ccccc1)C(=O)OCCCCCO[N+](=O)[O-])C(=O)N1CCCC1C(=O)OCCCCCO[N+](=O)[O-]. The fourth-order valence-electron chi connectivity index (χ4n) is 4.70. The van der Waals surface area contributed by atoms with Crippen molar-refractivity contribution < 1.29 is 43.7 Å². The van der Waals surface area contributed by atoms with Gasteiger partial charge in [0.25, 0.3) is 10.2 Å². The number of hydrogen-bond donors (Lipinski definition) is 1. The van der Waals surface area contributed by atoms with E-state index in [1.807, 2.05) is 30.3 Å². The average molecular weight is 611 g/mol. The summed E-state index contributed by atoms with van der Waals surface area (Å²) in [6.07, 6.45) is 5.19. The maximum atomic E-state index is 13.4. The van der Waals surface area contributed by atoms with Crippen LogP contribution in [0, 0.1) is 20.2 Å². The minimum absolute atomic E-state index is 0.0158. The van der Waals surface area contributed by atoms with E-state index in [0.29, 0.717) is 70.8 Å². The van der Waals surface area contributed by atoms with Crippen LogP contribution in [0.2, 0.25) is 0 Å². The first kappa shape index (κ1) is 35.2. The first-order valence-corrected chi connectivity index (χ1v) is 14.7. The summed E-state index contributed by atoms with van der Waals surface area (Å²) in [4.78, 5) is 69.5. The number of benzene rings is 1. The number of likely N-dealkylation sites (tertiary alicyclic amines) is 1. The van der Waals surface area contributed by atoms with Crippen molar-refractivity contribution in [2.45, 2.75) is 89.3 Å². The Balaban J connectivity index is 1.87. The van der Waals surface area contributed by atoms with E-state index < -0.39 is 40.2 Å². The molecule has 1 saturated heterocycles. The summed E-state index contributed by atoms with van der Waals surface area (Å²) in [6.45, 7) is 2.27. The van der Waals surface area contributed by atoms with Crippen LogP contribution in [0.3, 0.4) is 0 Å². The molecule has 1 heterocycles. The van der Waals surface area contributed by atoms with Crippen molar-refractivity contribution >= 4 is 17.8 Å². The summed E-state index contributed by atoms with van der Waals surface area (Å²) < 4.78 is 10.8. The number of ether oxygens (including phenoxy) is 2. The molecule has 1 amide bonds. The van der Waals surface area contributed by atoms with Gasteiger partial charge in [-0.05, 0) is 76.7 Å². The van der Waals surface area contributed by atoms with Gasteiger partial charge in [-0.1, -0.05) is 30.3 Å². The number of nitrogens with zero attached hydrogens (tertiary/aromatic N) is 3. The van der Waals surface area contributed by atoms with Gasteiger partial charge in [0.15, 0.2) is 0 Å². The largest absolute Gasteiger partial charge is 0.465 e.